The van der Waals surface area contributed by atoms with E-state index in [9.17, 15) is 8.42 Å². The Morgan fingerprint density at radius 3 is 2.71 bits per heavy atom. The minimum Gasteiger partial charge on any atom is -0.427 e. The van der Waals surface area contributed by atoms with E-state index in [2.05, 4.69) is 4.98 Å². The molecule has 2 rings (SSSR count). The second kappa shape index (κ2) is 2.94. The lowest BCUT2D eigenvalue weighted by Gasteiger charge is -1.86. The maximum atomic E-state index is 10.9. The van der Waals surface area contributed by atoms with Gasteiger partial charge in [-0.05, 0) is 12.1 Å². The van der Waals surface area contributed by atoms with Gasteiger partial charge in [-0.15, -0.1) is 0 Å². The first-order chi connectivity index (χ1) is 6.48. The second-order valence-electron chi connectivity index (χ2n) is 2.61. The van der Waals surface area contributed by atoms with Crippen LogP contribution in [-0.2, 0) is 10.0 Å². The van der Waals surface area contributed by atoms with Crippen molar-refractivity contribution in [2.45, 2.75) is 5.22 Å². The summed E-state index contributed by atoms with van der Waals surface area (Å²) in [6.45, 7) is 0. The highest BCUT2D eigenvalue weighted by atomic mass is 35.5. The largest absolute Gasteiger partial charge is 0.427 e. The fourth-order valence-electron chi connectivity index (χ4n) is 1.02. The summed E-state index contributed by atoms with van der Waals surface area (Å²) in [6.07, 6.45) is 0. The number of nitrogens with zero attached hydrogens (tertiary/aromatic N) is 1. The number of halogens is 1. The summed E-state index contributed by atoms with van der Waals surface area (Å²) in [6, 6.07) is 4.77. The number of primary sulfonamides is 1. The zero-order valence-corrected chi connectivity index (χ0v) is 8.34. The molecule has 2 N–H and O–H groups in total. The smallest absolute Gasteiger partial charge is 0.331 e. The standard InChI is InChI=1S/C7H5ClN2O3S/c8-4-2-1-3-5-6(4)10-7(13-5)14(9,11)12/h1-3H,(H2,9,11,12). The number of nitrogens with two attached hydrogens (primary N) is 1. The highest BCUT2D eigenvalue weighted by Crippen LogP contribution is 2.24. The van der Waals surface area contributed by atoms with Crippen LogP contribution in [0.15, 0.2) is 27.8 Å². The van der Waals surface area contributed by atoms with Crippen LogP contribution < -0.4 is 5.14 Å². The predicted molar refractivity (Wildman–Crippen MR) is 50.4 cm³/mol. The van der Waals surface area contributed by atoms with Crippen LogP contribution in [0.25, 0.3) is 11.1 Å². The number of hydrogen-bond acceptors (Lipinski definition) is 4. The Balaban J connectivity index is 2.81. The van der Waals surface area contributed by atoms with Gasteiger partial charge in [0.25, 0.3) is 10.0 Å². The van der Waals surface area contributed by atoms with Crippen molar-refractivity contribution in [2.75, 3.05) is 0 Å². The Bertz CT molecular complexity index is 590. The summed E-state index contributed by atoms with van der Waals surface area (Å²) in [4.78, 5) is 3.67. The first-order valence-corrected chi connectivity index (χ1v) is 5.49. The Morgan fingerprint density at radius 2 is 2.14 bits per heavy atom. The van der Waals surface area contributed by atoms with Crippen molar-refractivity contribution >= 4 is 32.7 Å². The molecule has 0 saturated carbocycles. The number of rotatable bonds is 1. The average Bonchev–Trinajstić information content (AvgIpc) is 2.48. The Morgan fingerprint density at radius 1 is 1.43 bits per heavy atom. The molecule has 0 aliphatic heterocycles. The molecule has 0 bridgehead atoms. The maximum absolute atomic E-state index is 10.9. The van der Waals surface area contributed by atoms with Gasteiger partial charge in [-0.25, -0.2) is 13.6 Å². The monoisotopic (exact) mass is 232 g/mol. The molecule has 0 radical (unpaired) electrons. The molecule has 0 saturated heterocycles. The highest BCUT2D eigenvalue weighted by Gasteiger charge is 2.17. The van der Waals surface area contributed by atoms with E-state index >= 15 is 0 Å². The van der Waals surface area contributed by atoms with E-state index in [4.69, 9.17) is 21.2 Å². The molecular formula is C7H5ClN2O3S. The maximum Gasteiger partial charge on any atom is 0.331 e. The molecule has 0 spiro atoms. The number of aromatic nitrogens is 1. The first kappa shape index (κ1) is 9.45. The van der Waals surface area contributed by atoms with Gasteiger partial charge in [0, 0.05) is 0 Å². The summed E-state index contributed by atoms with van der Waals surface area (Å²) in [5, 5.41) is 4.64. The topological polar surface area (TPSA) is 86.2 Å². The van der Waals surface area contributed by atoms with Crippen molar-refractivity contribution in [3.8, 4) is 0 Å². The molecule has 1 aromatic carbocycles. The van der Waals surface area contributed by atoms with Crippen LogP contribution in [0, 0.1) is 0 Å². The molecule has 74 valence electrons. The quantitative estimate of drug-likeness (QED) is 0.799. The van der Waals surface area contributed by atoms with E-state index < -0.39 is 15.2 Å². The number of para-hydroxylation sites is 1. The minimum atomic E-state index is -3.92. The molecule has 7 heteroatoms. The molecule has 2 aromatic rings. The fourth-order valence-corrected chi connectivity index (χ4v) is 1.65. The molecule has 0 aliphatic rings. The van der Waals surface area contributed by atoms with E-state index in [1.165, 1.54) is 0 Å². The van der Waals surface area contributed by atoms with Crippen LogP contribution in [0.1, 0.15) is 0 Å². The SMILES string of the molecule is NS(=O)(=O)c1nc2c(Cl)cccc2o1. The second-order valence-corrected chi connectivity index (χ2v) is 4.46. The lowest BCUT2D eigenvalue weighted by molar-refractivity contribution is 0.459. The molecule has 0 amide bonds. The third-order valence-electron chi connectivity index (χ3n) is 1.59. The Hall–Kier alpha value is -1.11. The highest BCUT2D eigenvalue weighted by molar-refractivity contribution is 7.88. The van der Waals surface area contributed by atoms with Gasteiger partial charge in [-0.1, -0.05) is 17.7 Å². The van der Waals surface area contributed by atoms with Crippen molar-refractivity contribution in [3.05, 3.63) is 23.2 Å². The van der Waals surface area contributed by atoms with Gasteiger partial charge in [0.05, 0.1) is 5.02 Å². The predicted octanol–water partition coefficient (Wildman–Crippen LogP) is 1.13. The van der Waals surface area contributed by atoms with Crippen molar-refractivity contribution in [3.63, 3.8) is 0 Å². The van der Waals surface area contributed by atoms with E-state index in [0.717, 1.165) is 0 Å². The average molecular weight is 233 g/mol. The summed E-state index contributed by atoms with van der Waals surface area (Å²) in [5.74, 6) is 0. The fraction of sp³-hybridized carbons (Fsp3) is 0. The lowest BCUT2D eigenvalue weighted by Crippen LogP contribution is -2.12. The summed E-state index contributed by atoms with van der Waals surface area (Å²) >= 11 is 5.76. The van der Waals surface area contributed by atoms with E-state index in [1.54, 1.807) is 18.2 Å². The van der Waals surface area contributed by atoms with E-state index in [-0.39, 0.29) is 5.52 Å². The van der Waals surface area contributed by atoms with Crippen LogP contribution >= 0.6 is 11.6 Å². The van der Waals surface area contributed by atoms with Gasteiger partial charge in [0.15, 0.2) is 5.58 Å². The minimum absolute atomic E-state index is 0.290. The van der Waals surface area contributed by atoms with Gasteiger partial charge in [0.2, 0.25) is 0 Å². The van der Waals surface area contributed by atoms with Crippen molar-refractivity contribution in [1.29, 1.82) is 0 Å². The molecule has 1 aromatic heterocycles. The van der Waals surface area contributed by atoms with Crippen LogP contribution in [0.5, 0.6) is 0 Å². The molecule has 0 unspecified atom stereocenters. The van der Waals surface area contributed by atoms with E-state index in [1.807, 2.05) is 0 Å². The molecule has 14 heavy (non-hydrogen) atoms. The van der Waals surface area contributed by atoms with Crippen LogP contribution in [-0.4, -0.2) is 13.4 Å². The molecule has 0 atom stereocenters. The van der Waals surface area contributed by atoms with Crippen molar-refractivity contribution in [2.24, 2.45) is 5.14 Å². The van der Waals surface area contributed by atoms with E-state index in [0.29, 0.717) is 10.6 Å². The summed E-state index contributed by atoms with van der Waals surface area (Å²) in [5.41, 5.74) is 0.583. The number of oxazole rings is 1. The molecule has 0 aliphatic carbocycles. The van der Waals surface area contributed by atoms with Crippen LogP contribution in [0.2, 0.25) is 5.02 Å². The molecule has 5 nitrogen and oxygen atoms in total. The van der Waals surface area contributed by atoms with Crippen LogP contribution in [0.3, 0.4) is 0 Å². The number of fused-ring (bicyclic) bond motifs is 1. The third kappa shape index (κ3) is 1.47. The van der Waals surface area contributed by atoms with Gasteiger partial charge in [-0.3, -0.25) is 0 Å². The summed E-state index contributed by atoms with van der Waals surface area (Å²) in [7, 11) is -3.92. The summed E-state index contributed by atoms with van der Waals surface area (Å²) < 4.78 is 26.7. The number of hydrogen-bond donors (Lipinski definition) is 1. The van der Waals surface area contributed by atoms with Crippen molar-refractivity contribution in [1.82, 2.24) is 4.98 Å². The Labute approximate surface area is 84.5 Å². The number of sulfonamides is 1. The zero-order valence-electron chi connectivity index (χ0n) is 6.77. The lowest BCUT2D eigenvalue weighted by atomic mass is 10.3. The molecule has 1 heterocycles. The van der Waals surface area contributed by atoms with Crippen LogP contribution in [0.4, 0.5) is 0 Å². The Kier molecular flexibility index (Phi) is 1.99. The van der Waals surface area contributed by atoms with Gasteiger partial charge in [-0.2, -0.15) is 4.98 Å². The van der Waals surface area contributed by atoms with Crippen molar-refractivity contribution < 1.29 is 12.8 Å². The molecule has 0 fully saturated rings. The number of benzene rings is 1. The van der Waals surface area contributed by atoms with Gasteiger partial charge >= 0.3 is 5.22 Å². The normalized spacial score (nSPS) is 12.1. The van der Waals surface area contributed by atoms with Gasteiger partial charge in [0.1, 0.15) is 5.52 Å². The third-order valence-corrected chi connectivity index (χ3v) is 2.56. The zero-order chi connectivity index (χ0) is 10.3. The molecular weight excluding hydrogens is 228 g/mol. The van der Waals surface area contributed by atoms with Gasteiger partial charge < -0.3 is 4.42 Å². The first-order valence-electron chi connectivity index (χ1n) is 3.56.